The highest BCUT2D eigenvalue weighted by molar-refractivity contribution is 6.00. The van der Waals surface area contributed by atoms with Gasteiger partial charge in [0, 0.05) is 18.7 Å². The fourth-order valence-corrected chi connectivity index (χ4v) is 3.93. The number of amides is 1. The third kappa shape index (κ3) is 3.99. The Balaban J connectivity index is 1.69. The second-order valence-electron chi connectivity index (χ2n) is 7.36. The fraction of sp³-hybridized carbons (Fsp3) is 0.292. The van der Waals surface area contributed by atoms with Crippen molar-refractivity contribution >= 4 is 11.9 Å². The van der Waals surface area contributed by atoms with Gasteiger partial charge in [0.1, 0.15) is 0 Å². The highest BCUT2D eigenvalue weighted by Crippen LogP contribution is 2.29. The molecule has 1 saturated heterocycles. The summed E-state index contributed by atoms with van der Waals surface area (Å²) >= 11 is 0. The highest BCUT2D eigenvalue weighted by Gasteiger charge is 2.32. The number of nitrogens with zero attached hydrogens (tertiary/aromatic N) is 3. The maximum absolute atomic E-state index is 13.5. The molecule has 3 aromatic rings. The van der Waals surface area contributed by atoms with E-state index in [-0.39, 0.29) is 17.8 Å². The zero-order valence-corrected chi connectivity index (χ0v) is 17.0. The molecule has 0 unspecified atom stereocenters. The Bertz CT molecular complexity index is 1010. The van der Waals surface area contributed by atoms with Crippen LogP contribution < -0.4 is 0 Å². The van der Waals surface area contributed by atoms with E-state index in [1.807, 2.05) is 60.7 Å². The molecule has 1 aliphatic rings. The van der Waals surface area contributed by atoms with Crippen molar-refractivity contribution in [3.8, 4) is 16.9 Å². The van der Waals surface area contributed by atoms with Gasteiger partial charge >= 0.3 is 5.97 Å². The van der Waals surface area contributed by atoms with E-state index in [2.05, 4.69) is 5.10 Å². The first kappa shape index (κ1) is 19.9. The summed E-state index contributed by atoms with van der Waals surface area (Å²) < 4.78 is 6.98. The summed E-state index contributed by atoms with van der Waals surface area (Å²) in [6.07, 6.45) is 3.16. The second-order valence-corrected chi connectivity index (χ2v) is 7.36. The number of hydrogen-bond donors (Lipinski definition) is 0. The maximum Gasteiger partial charge on any atom is 0.310 e. The summed E-state index contributed by atoms with van der Waals surface area (Å²) in [7, 11) is 0. The molecule has 4 rings (SSSR count). The summed E-state index contributed by atoms with van der Waals surface area (Å²) in [6, 6.07) is 19.6. The van der Waals surface area contributed by atoms with Crippen LogP contribution >= 0.6 is 0 Å². The van der Waals surface area contributed by atoms with Crippen LogP contribution in [-0.2, 0) is 9.53 Å². The van der Waals surface area contributed by atoms with E-state index in [4.69, 9.17) is 4.74 Å². The molecule has 154 valence electrons. The molecule has 6 nitrogen and oxygen atoms in total. The van der Waals surface area contributed by atoms with Crippen LogP contribution in [-0.4, -0.2) is 46.3 Å². The van der Waals surface area contributed by atoms with Gasteiger partial charge in [0.05, 0.1) is 35.7 Å². The predicted molar refractivity (Wildman–Crippen MR) is 114 cm³/mol. The number of esters is 1. The zero-order chi connectivity index (χ0) is 20.9. The Kier molecular flexibility index (Phi) is 5.93. The SMILES string of the molecule is CCOC(=O)[C@H]1CCCN(C(=O)c2cnn(-c3ccccc3)c2-c2ccccc2)C1. The van der Waals surface area contributed by atoms with E-state index in [0.717, 1.165) is 29.8 Å². The minimum atomic E-state index is -0.271. The average Bonchev–Trinajstić information content (AvgIpc) is 3.25. The first-order valence-corrected chi connectivity index (χ1v) is 10.3. The third-order valence-corrected chi connectivity index (χ3v) is 5.38. The van der Waals surface area contributed by atoms with E-state index in [1.165, 1.54) is 0 Å². The van der Waals surface area contributed by atoms with E-state index < -0.39 is 0 Å². The van der Waals surface area contributed by atoms with Gasteiger partial charge in [-0.15, -0.1) is 0 Å². The summed E-state index contributed by atoms with van der Waals surface area (Å²) in [5.41, 5.74) is 3.10. The molecule has 0 spiro atoms. The molecule has 1 aromatic heterocycles. The van der Waals surface area contributed by atoms with Crippen molar-refractivity contribution in [3.05, 3.63) is 72.4 Å². The van der Waals surface area contributed by atoms with Crippen LogP contribution in [0.4, 0.5) is 0 Å². The lowest BCUT2D eigenvalue weighted by atomic mass is 9.97. The Hall–Kier alpha value is -3.41. The maximum atomic E-state index is 13.5. The molecule has 1 atom stereocenters. The van der Waals surface area contributed by atoms with E-state index >= 15 is 0 Å². The number of ether oxygens (including phenoxy) is 1. The molecule has 30 heavy (non-hydrogen) atoms. The summed E-state index contributed by atoms with van der Waals surface area (Å²) in [5.74, 6) is -0.602. The second kappa shape index (κ2) is 8.95. The van der Waals surface area contributed by atoms with Crippen LogP contribution in [0.1, 0.15) is 30.1 Å². The summed E-state index contributed by atoms with van der Waals surface area (Å²) in [4.78, 5) is 27.4. The Morgan fingerprint density at radius 1 is 1.07 bits per heavy atom. The number of piperidine rings is 1. The monoisotopic (exact) mass is 403 g/mol. The smallest absolute Gasteiger partial charge is 0.310 e. The van der Waals surface area contributed by atoms with Crippen molar-refractivity contribution in [2.24, 2.45) is 5.92 Å². The number of para-hydroxylation sites is 1. The molecule has 6 heteroatoms. The van der Waals surface area contributed by atoms with Crippen LogP contribution in [0, 0.1) is 5.92 Å². The van der Waals surface area contributed by atoms with Crippen molar-refractivity contribution in [1.82, 2.24) is 14.7 Å². The molecule has 0 radical (unpaired) electrons. The van der Waals surface area contributed by atoms with Gasteiger partial charge in [0.2, 0.25) is 0 Å². The van der Waals surface area contributed by atoms with Crippen LogP contribution in [0.3, 0.4) is 0 Å². The molecule has 0 saturated carbocycles. The Morgan fingerprint density at radius 3 is 2.47 bits per heavy atom. The molecule has 0 bridgehead atoms. The van der Waals surface area contributed by atoms with Gasteiger partial charge in [0.15, 0.2) is 0 Å². The lowest BCUT2D eigenvalue weighted by Gasteiger charge is -2.31. The topological polar surface area (TPSA) is 64.4 Å². The molecular weight excluding hydrogens is 378 g/mol. The number of carbonyl (C=O) groups excluding carboxylic acids is 2. The predicted octanol–water partition coefficient (Wildman–Crippen LogP) is 3.95. The van der Waals surface area contributed by atoms with Gasteiger partial charge in [0.25, 0.3) is 5.91 Å². The van der Waals surface area contributed by atoms with Crippen molar-refractivity contribution in [2.75, 3.05) is 19.7 Å². The van der Waals surface area contributed by atoms with Gasteiger partial charge in [-0.3, -0.25) is 9.59 Å². The Labute approximate surface area is 176 Å². The number of aromatic nitrogens is 2. The zero-order valence-electron chi connectivity index (χ0n) is 17.0. The molecule has 1 fully saturated rings. The van der Waals surface area contributed by atoms with Crippen LogP contribution in [0.25, 0.3) is 16.9 Å². The third-order valence-electron chi connectivity index (χ3n) is 5.38. The van der Waals surface area contributed by atoms with Crippen molar-refractivity contribution < 1.29 is 14.3 Å². The molecule has 1 aliphatic heterocycles. The van der Waals surface area contributed by atoms with Gasteiger partial charge in [-0.1, -0.05) is 48.5 Å². The fourth-order valence-electron chi connectivity index (χ4n) is 3.93. The van der Waals surface area contributed by atoms with Gasteiger partial charge in [-0.25, -0.2) is 4.68 Å². The van der Waals surface area contributed by atoms with Crippen molar-refractivity contribution in [3.63, 3.8) is 0 Å². The summed E-state index contributed by atoms with van der Waals surface area (Å²) in [5, 5.41) is 4.54. The average molecular weight is 403 g/mol. The quantitative estimate of drug-likeness (QED) is 0.605. The van der Waals surface area contributed by atoms with Gasteiger partial charge in [-0.05, 0) is 31.9 Å². The molecule has 1 amide bonds. The minimum absolute atomic E-state index is 0.106. The number of benzene rings is 2. The van der Waals surface area contributed by atoms with Gasteiger partial charge in [-0.2, -0.15) is 5.10 Å². The lowest BCUT2D eigenvalue weighted by molar-refractivity contribution is -0.149. The van der Waals surface area contributed by atoms with E-state index in [1.54, 1.807) is 22.7 Å². The van der Waals surface area contributed by atoms with Crippen LogP contribution in [0.5, 0.6) is 0 Å². The largest absolute Gasteiger partial charge is 0.466 e. The van der Waals surface area contributed by atoms with E-state index in [0.29, 0.717) is 25.3 Å². The lowest BCUT2D eigenvalue weighted by Crippen LogP contribution is -2.42. The number of carbonyl (C=O) groups is 2. The number of rotatable bonds is 5. The number of likely N-dealkylation sites (tertiary alicyclic amines) is 1. The minimum Gasteiger partial charge on any atom is -0.466 e. The van der Waals surface area contributed by atoms with Crippen LogP contribution in [0.15, 0.2) is 66.9 Å². The molecular formula is C24H25N3O3. The normalized spacial score (nSPS) is 16.3. The van der Waals surface area contributed by atoms with Crippen LogP contribution in [0.2, 0.25) is 0 Å². The first-order chi connectivity index (χ1) is 14.7. The number of hydrogen-bond acceptors (Lipinski definition) is 4. The Morgan fingerprint density at radius 2 is 1.77 bits per heavy atom. The van der Waals surface area contributed by atoms with Crippen molar-refractivity contribution in [1.29, 1.82) is 0 Å². The molecule has 0 N–H and O–H groups in total. The standard InChI is InChI=1S/C24H25N3O3/c1-2-30-24(29)19-12-9-15-26(17-19)23(28)21-16-25-27(20-13-7-4-8-14-20)22(21)18-10-5-3-6-11-18/h3-8,10-11,13-14,16,19H,2,9,12,15,17H2,1H3/t19-/m0/s1. The highest BCUT2D eigenvalue weighted by atomic mass is 16.5. The van der Waals surface area contributed by atoms with Crippen molar-refractivity contribution in [2.45, 2.75) is 19.8 Å². The molecule has 2 heterocycles. The summed E-state index contributed by atoms with van der Waals surface area (Å²) in [6.45, 7) is 3.15. The van der Waals surface area contributed by atoms with E-state index in [9.17, 15) is 9.59 Å². The van der Waals surface area contributed by atoms with Gasteiger partial charge < -0.3 is 9.64 Å². The molecule has 2 aromatic carbocycles. The first-order valence-electron chi connectivity index (χ1n) is 10.3. The molecule has 0 aliphatic carbocycles.